The highest BCUT2D eigenvalue weighted by molar-refractivity contribution is 5.82. The van der Waals surface area contributed by atoms with Crippen molar-refractivity contribution in [3.63, 3.8) is 0 Å². The van der Waals surface area contributed by atoms with Gasteiger partial charge >= 0.3 is 0 Å². The standard InChI is InChI=1S/C9H16F2N2O/c1-2-5-13(6-8(10)11)9(14)7-3-4-12-7/h7-8,12H,2-6H2,1H3/t7-/m1/s1. The molecule has 1 heterocycles. The summed E-state index contributed by atoms with van der Waals surface area (Å²) in [6, 6.07) is -0.222. The first-order chi connectivity index (χ1) is 6.65. The molecule has 1 aliphatic rings. The Bertz CT molecular complexity index is 195. The maximum absolute atomic E-state index is 12.1. The molecule has 0 bridgehead atoms. The third-order valence-corrected chi connectivity index (χ3v) is 2.29. The molecule has 1 amide bonds. The molecule has 1 atom stereocenters. The Labute approximate surface area is 82.5 Å². The summed E-state index contributed by atoms with van der Waals surface area (Å²) in [5.74, 6) is -0.182. The number of nitrogens with zero attached hydrogens (tertiary/aromatic N) is 1. The second-order valence-electron chi connectivity index (χ2n) is 3.47. The van der Waals surface area contributed by atoms with Gasteiger partial charge in [0.05, 0.1) is 12.6 Å². The number of carbonyl (C=O) groups excluding carboxylic acids is 1. The van der Waals surface area contributed by atoms with Crippen LogP contribution in [0.25, 0.3) is 0 Å². The number of carbonyl (C=O) groups is 1. The summed E-state index contributed by atoms with van der Waals surface area (Å²) in [5, 5.41) is 2.92. The van der Waals surface area contributed by atoms with E-state index in [1.807, 2.05) is 6.92 Å². The summed E-state index contributed by atoms with van der Waals surface area (Å²) in [4.78, 5) is 12.8. The molecule has 0 radical (unpaired) electrons. The van der Waals surface area contributed by atoms with Gasteiger partial charge in [0.2, 0.25) is 5.91 Å². The van der Waals surface area contributed by atoms with Crippen LogP contribution in [0.5, 0.6) is 0 Å². The Morgan fingerprint density at radius 3 is 2.64 bits per heavy atom. The number of alkyl halides is 2. The predicted molar refractivity (Wildman–Crippen MR) is 49.3 cm³/mol. The van der Waals surface area contributed by atoms with Crippen molar-refractivity contribution in [2.24, 2.45) is 0 Å². The number of amides is 1. The smallest absolute Gasteiger partial charge is 0.255 e. The molecule has 3 nitrogen and oxygen atoms in total. The molecule has 5 heteroatoms. The molecule has 0 unspecified atom stereocenters. The third-order valence-electron chi connectivity index (χ3n) is 2.29. The van der Waals surface area contributed by atoms with Crippen molar-refractivity contribution in [1.29, 1.82) is 0 Å². The Balaban J connectivity index is 2.42. The van der Waals surface area contributed by atoms with Gasteiger partial charge in [-0.2, -0.15) is 0 Å². The lowest BCUT2D eigenvalue weighted by Crippen LogP contribution is -2.55. The topological polar surface area (TPSA) is 32.3 Å². The van der Waals surface area contributed by atoms with Gasteiger partial charge in [0, 0.05) is 6.54 Å². The zero-order chi connectivity index (χ0) is 10.6. The first kappa shape index (κ1) is 11.4. The number of rotatable bonds is 5. The van der Waals surface area contributed by atoms with Crippen molar-refractivity contribution in [3.8, 4) is 0 Å². The van der Waals surface area contributed by atoms with E-state index in [1.165, 1.54) is 4.90 Å². The maximum atomic E-state index is 12.1. The van der Waals surface area contributed by atoms with E-state index in [2.05, 4.69) is 5.32 Å². The van der Waals surface area contributed by atoms with E-state index in [0.717, 1.165) is 13.0 Å². The van der Waals surface area contributed by atoms with Gasteiger partial charge < -0.3 is 10.2 Å². The molecular weight excluding hydrogens is 190 g/mol. The minimum Gasteiger partial charge on any atom is -0.336 e. The predicted octanol–water partition coefficient (Wildman–Crippen LogP) is 0.852. The highest BCUT2D eigenvalue weighted by Gasteiger charge is 2.29. The average molecular weight is 206 g/mol. The van der Waals surface area contributed by atoms with Gasteiger partial charge in [0.15, 0.2) is 0 Å². The van der Waals surface area contributed by atoms with Crippen molar-refractivity contribution in [2.75, 3.05) is 19.6 Å². The molecular formula is C9H16F2N2O. The monoisotopic (exact) mass is 206 g/mol. The van der Waals surface area contributed by atoms with Crippen molar-refractivity contribution in [1.82, 2.24) is 10.2 Å². The van der Waals surface area contributed by atoms with Gasteiger partial charge in [-0.3, -0.25) is 4.79 Å². The summed E-state index contributed by atoms with van der Waals surface area (Å²) in [7, 11) is 0. The summed E-state index contributed by atoms with van der Waals surface area (Å²) >= 11 is 0. The van der Waals surface area contributed by atoms with Gasteiger partial charge in [0.25, 0.3) is 6.43 Å². The van der Waals surface area contributed by atoms with E-state index in [9.17, 15) is 13.6 Å². The van der Waals surface area contributed by atoms with Gasteiger partial charge in [0.1, 0.15) is 0 Å². The lowest BCUT2D eigenvalue weighted by atomic mass is 10.1. The van der Waals surface area contributed by atoms with E-state index >= 15 is 0 Å². The molecule has 0 aromatic carbocycles. The quantitative estimate of drug-likeness (QED) is 0.723. The summed E-state index contributed by atoms with van der Waals surface area (Å²) in [6.07, 6.45) is -0.960. The molecule has 0 spiro atoms. The van der Waals surface area contributed by atoms with Crippen LogP contribution in [-0.4, -0.2) is 42.9 Å². The first-order valence-corrected chi connectivity index (χ1v) is 4.95. The first-order valence-electron chi connectivity index (χ1n) is 4.95. The summed E-state index contributed by atoms with van der Waals surface area (Å²) in [5.41, 5.74) is 0. The Hall–Kier alpha value is -0.710. The Morgan fingerprint density at radius 2 is 2.29 bits per heavy atom. The lowest BCUT2D eigenvalue weighted by molar-refractivity contribution is -0.137. The summed E-state index contributed by atoms with van der Waals surface area (Å²) in [6.45, 7) is 2.66. The maximum Gasteiger partial charge on any atom is 0.255 e. The van der Waals surface area contributed by atoms with Crippen LogP contribution in [0.4, 0.5) is 8.78 Å². The van der Waals surface area contributed by atoms with Crippen molar-refractivity contribution >= 4 is 5.91 Å². The van der Waals surface area contributed by atoms with Gasteiger partial charge in [-0.1, -0.05) is 6.92 Å². The molecule has 14 heavy (non-hydrogen) atoms. The molecule has 1 aliphatic heterocycles. The molecule has 0 saturated carbocycles. The SMILES string of the molecule is CCCN(CC(F)F)C(=O)[C@H]1CCN1. The fourth-order valence-corrected chi connectivity index (χ4v) is 1.45. The molecule has 0 aromatic heterocycles. The van der Waals surface area contributed by atoms with Crippen molar-refractivity contribution in [3.05, 3.63) is 0 Å². The van der Waals surface area contributed by atoms with Crippen LogP contribution in [0, 0.1) is 0 Å². The van der Waals surface area contributed by atoms with Crippen molar-refractivity contribution in [2.45, 2.75) is 32.2 Å². The summed E-state index contributed by atoms with van der Waals surface area (Å²) < 4.78 is 24.3. The highest BCUT2D eigenvalue weighted by atomic mass is 19.3. The molecule has 0 aliphatic carbocycles. The largest absolute Gasteiger partial charge is 0.336 e. The molecule has 1 rings (SSSR count). The second kappa shape index (κ2) is 5.24. The van der Waals surface area contributed by atoms with Crippen LogP contribution in [0.1, 0.15) is 19.8 Å². The fraction of sp³-hybridized carbons (Fsp3) is 0.889. The molecule has 1 fully saturated rings. The number of hydrogen-bond donors (Lipinski definition) is 1. The lowest BCUT2D eigenvalue weighted by Gasteiger charge is -2.32. The second-order valence-corrected chi connectivity index (χ2v) is 3.47. The van der Waals surface area contributed by atoms with Crippen molar-refractivity contribution < 1.29 is 13.6 Å². The van der Waals surface area contributed by atoms with Gasteiger partial charge in [-0.15, -0.1) is 0 Å². The van der Waals surface area contributed by atoms with E-state index in [4.69, 9.17) is 0 Å². The van der Waals surface area contributed by atoms with E-state index in [0.29, 0.717) is 13.0 Å². The van der Waals surface area contributed by atoms with Gasteiger partial charge in [-0.05, 0) is 19.4 Å². The fourth-order valence-electron chi connectivity index (χ4n) is 1.45. The number of hydrogen-bond acceptors (Lipinski definition) is 2. The molecule has 0 aromatic rings. The zero-order valence-corrected chi connectivity index (χ0v) is 8.30. The minimum absolute atomic E-state index is 0.182. The Morgan fingerprint density at radius 1 is 1.64 bits per heavy atom. The van der Waals surface area contributed by atoms with Crippen LogP contribution in [0.2, 0.25) is 0 Å². The van der Waals surface area contributed by atoms with Crippen LogP contribution >= 0.6 is 0 Å². The molecule has 82 valence electrons. The van der Waals surface area contributed by atoms with Crippen LogP contribution in [-0.2, 0) is 4.79 Å². The van der Waals surface area contributed by atoms with Crippen LogP contribution < -0.4 is 5.32 Å². The van der Waals surface area contributed by atoms with Gasteiger partial charge in [-0.25, -0.2) is 8.78 Å². The normalized spacial score (nSPS) is 20.7. The number of nitrogens with one attached hydrogen (secondary N) is 1. The minimum atomic E-state index is -2.44. The third kappa shape index (κ3) is 2.90. The zero-order valence-electron chi connectivity index (χ0n) is 8.30. The van der Waals surface area contributed by atoms with E-state index in [1.54, 1.807) is 0 Å². The van der Waals surface area contributed by atoms with Crippen LogP contribution in [0.15, 0.2) is 0 Å². The molecule has 1 N–H and O–H groups in total. The number of halogens is 2. The van der Waals surface area contributed by atoms with E-state index < -0.39 is 13.0 Å². The highest BCUT2D eigenvalue weighted by Crippen LogP contribution is 2.09. The average Bonchev–Trinajstić information content (AvgIpc) is 1.99. The van der Waals surface area contributed by atoms with E-state index in [-0.39, 0.29) is 11.9 Å². The Kier molecular flexibility index (Phi) is 4.25. The van der Waals surface area contributed by atoms with Crippen LogP contribution in [0.3, 0.4) is 0 Å². The molecule has 1 saturated heterocycles.